The highest BCUT2D eigenvalue weighted by molar-refractivity contribution is 5.93. The average molecular weight is 410 g/mol. The first-order valence-corrected chi connectivity index (χ1v) is 11.0. The Labute approximate surface area is 184 Å². The number of benzene rings is 2. The van der Waals surface area contributed by atoms with Crippen molar-refractivity contribution in [3.8, 4) is 0 Å². The van der Waals surface area contributed by atoms with Gasteiger partial charge in [-0.3, -0.25) is 0 Å². The van der Waals surface area contributed by atoms with Gasteiger partial charge in [0.1, 0.15) is 0 Å². The first kappa shape index (κ1) is 19.7. The van der Waals surface area contributed by atoms with Gasteiger partial charge < -0.3 is 14.0 Å². The topological polar surface area (TPSA) is 13.1 Å². The van der Waals surface area contributed by atoms with Crippen LogP contribution in [0.25, 0.3) is 21.8 Å². The lowest BCUT2D eigenvalue weighted by Crippen LogP contribution is -2.29. The predicted octanol–water partition coefficient (Wildman–Crippen LogP) is 5.98. The lowest BCUT2D eigenvalue weighted by atomic mass is 9.68. The predicted molar refractivity (Wildman–Crippen MR) is 132 cm³/mol. The van der Waals surface area contributed by atoms with E-state index in [1.54, 1.807) is 0 Å². The van der Waals surface area contributed by atoms with E-state index in [2.05, 4.69) is 123 Å². The number of allylic oxidation sites excluding steroid dienone is 3. The molecule has 2 aromatic heterocycles. The molecule has 0 fully saturated rings. The minimum Gasteiger partial charge on any atom is -0.378 e. The van der Waals surface area contributed by atoms with Crippen molar-refractivity contribution >= 4 is 21.8 Å². The molecule has 4 aromatic rings. The summed E-state index contributed by atoms with van der Waals surface area (Å²) in [4.78, 5) is 2.20. The van der Waals surface area contributed by atoms with Crippen molar-refractivity contribution in [2.45, 2.75) is 25.7 Å². The van der Waals surface area contributed by atoms with E-state index in [9.17, 15) is 0 Å². The number of hydrogen-bond donors (Lipinski definition) is 0. The van der Waals surface area contributed by atoms with Crippen LogP contribution in [0.4, 0.5) is 0 Å². The molecule has 5 rings (SSSR count). The summed E-state index contributed by atoms with van der Waals surface area (Å²) in [6, 6.07) is 17.7. The maximum Gasteiger partial charge on any atom is 0.0483 e. The number of aromatic nitrogens is 2. The van der Waals surface area contributed by atoms with Crippen LogP contribution in [0.5, 0.6) is 0 Å². The maximum atomic E-state index is 2.46. The second-order valence-corrected chi connectivity index (χ2v) is 9.11. The molecule has 0 atom stereocenters. The van der Waals surface area contributed by atoms with Crippen molar-refractivity contribution in [1.29, 1.82) is 0 Å². The summed E-state index contributed by atoms with van der Waals surface area (Å²) < 4.78 is 4.71. The van der Waals surface area contributed by atoms with E-state index in [0.717, 1.165) is 6.42 Å². The molecule has 3 nitrogen and oxygen atoms in total. The first-order valence-electron chi connectivity index (χ1n) is 11.0. The molecular weight excluding hydrogens is 378 g/mol. The number of fused-ring (bicyclic) bond motifs is 2. The summed E-state index contributed by atoms with van der Waals surface area (Å²) in [5.41, 5.74) is 9.16. The second kappa shape index (κ2) is 6.91. The van der Waals surface area contributed by atoms with E-state index in [1.165, 1.54) is 50.0 Å². The standard InChI is InChI=1S/C28H31N3/c1-19-26(22-11-7-9-13-24(22)30(19)5)28(17-15-21(16-18-28)29(3)4)27-20(2)31(6)25-14-10-8-12-23(25)27/h7-17H,18H2,1-6H3. The minimum atomic E-state index is -0.213. The van der Waals surface area contributed by atoms with Crippen LogP contribution in [0.15, 0.2) is 72.5 Å². The lowest BCUT2D eigenvalue weighted by Gasteiger charge is -2.35. The Kier molecular flexibility index (Phi) is 4.40. The molecule has 1 aliphatic carbocycles. The van der Waals surface area contributed by atoms with Gasteiger partial charge in [0.05, 0.1) is 0 Å². The molecule has 1 aliphatic rings. The highest BCUT2D eigenvalue weighted by atomic mass is 15.1. The molecule has 158 valence electrons. The molecule has 0 N–H and O–H groups in total. The third kappa shape index (κ3) is 2.65. The van der Waals surface area contributed by atoms with Crippen LogP contribution in [-0.4, -0.2) is 28.1 Å². The van der Waals surface area contributed by atoms with Crippen LogP contribution in [0.1, 0.15) is 28.9 Å². The van der Waals surface area contributed by atoms with E-state index in [1.807, 2.05) is 0 Å². The fourth-order valence-corrected chi connectivity index (χ4v) is 5.62. The van der Waals surface area contributed by atoms with Gasteiger partial charge in [0.2, 0.25) is 0 Å². The highest BCUT2D eigenvalue weighted by Gasteiger charge is 2.40. The molecule has 0 amide bonds. The number of para-hydroxylation sites is 2. The van der Waals surface area contributed by atoms with Crippen LogP contribution in [0, 0.1) is 13.8 Å². The Balaban J connectivity index is 1.91. The Morgan fingerprint density at radius 2 is 1.26 bits per heavy atom. The van der Waals surface area contributed by atoms with E-state index in [-0.39, 0.29) is 5.41 Å². The van der Waals surface area contributed by atoms with E-state index in [0.29, 0.717) is 0 Å². The monoisotopic (exact) mass is 409 g/mol. The molecule has 2 aromatic carbocycles. The average Bonchev–Trinajstić information content (AvgIpc) is 3.19. The zero-order chi connectivity index (χ0) is 21.9. The quantitative estimate of drug-likeness (QED) is 0.406. The van der Waals surface area contributed by atoms with Crippen molar-refractivity contribution in [3.05, 3.63) is 95.0 Å². The fraction of sp³-hybridized carbons (Fsp3) is 0.286. The third-order valence-electron chi connectivity index (χ3n) is 7.38. The molecule has 0 spiro atoms. The summed E-state index contributed by atoms with van der Waals surface area (Å²) in [6.45, 7) is 4.55. The molecule has 0 radical (unpaired) electrons. The SMILES string of the molecule is Cc1c(C2(c3c(C)n(C)c4ccccc34)C=CC(N(C)C)=CC2)c2ccccc2n1C. The van der Waals surface area contributed by atoms with Crippen LogP contribution < -0.4 is 0 Å². The first-order chi connectivity index (χ1) is 14.9. The van der Waals surface area contributed by atoms with Gasteiger partial charge in [-0.05, 0) is 49.6 Å². The zero-order valence-corrected chi connectivity index (χ0v) is 19.4. The summed E-state index contributed by atoms with van der Waals surface area (Å²) in [6.07, 6.45) is 8.13. The Morgan fingerprint density at radius 1 is 0.774 bits per heavy atom. The normalized spacial score (nSPS) is 15.6. The van der Waals surface area contributed by atoms with E-state index in [4.69, 9.17) is 0 Å². The number of hydrogen-bond acceptors (Lipinski definition) is 1. The van der Waals surface area contributed by atoms with Crippen molar-refractivity contribution in [3.63, 3.8) is 0 Å². The molecule has 3 heteroatoms. The third-order valence-corrected chi connectivity index (χ3v) is 7.38. The van der Waals surface area contributed by atoms with Crippen molar-refractivity contribution < 1.29 is 0 Å². The van der Waals surface area contributed by atoms with Gasteiger partial charge in [-0.1, -0.05) is 48.6 Å². The Bertz CT molecular complexity index is 1290. The fourth-order valence-electron chi connectivity index (χ4n) is 5.62. The largest absolute Gasteiger partial charge is 0.378 e. The Hall–Kier alpha value is -3.20. The number of nitrogens with zero attached hydrogens (tertiary/aromatic N) is 3. The van der Waals surface area contributed by atoms with Crippen molar-refractivity contribution in [2.24, 2.45) is 14.1 Å². The maximum absolute atomic E-state index is 2.46. The van der Waals surface area contributed by atoms with Crippen molar-refractivity contribution in [2.75, 3.05) is 14.1 Å². The van der Waals surface area contributed by atoms with Crippen LogP contribution in [-0.2, 0) is 19.5 Å². The highest BCUT2D eigenvalue weighted by Crippen LogP contribution is 2.49. The van der Waals surface area contributed by atoms with E-state index < -0.39 is 0 Å². The van der Waals surface area contributed by atoms with Crippen molar-refractivity contribution in [1.82, 2.24) is 14.0 Å². The molecule has 0 aliphatic heterocycles. The lowest BCUT2D eigenvalue weighted by molar-refractivity contribution is 0.510. The molecule has 0 bridgehead atoms. The second-order valence-electron chi connectivity index (χ2n) is 9.11. The number of aryl methyl sites for hydroxylation is 2. The smallest absolute Gasteiger partial charge is 0.0483 e. The van der Waals surface area contributed by atoms with Gasteiger partial charge in [0.15, 0.2) is 0 Å². The van der Waals surface area contributed by atoms with Crippen LogP contribution in [0.2, 0.25) is 0 Å². The summed E-state index contributed by atoms with van der Waals surface area (Å²) in [5, 5.41) is 2.70. The van der Waals surface area contributed by atoms with Crippen LogP contribution >= 0.6 is 0 Å². The van der Waals surface area contributed by atoms with Gasteiger partial charge >= 0.3 is 0 Å². The zero-order valence-electron chi connectivity index (χ0n) is 19.4. The summed E-state index contributed by atoms with van der Waals surface area (Å²) >= 11 is 0. The van der Waals surface area contributed by atoms with Gasteiger partial charge in [-0.15, -0.1) is 0 Å². The Morgan fingerprint density at radius 3 is 1.68 bits per heavy atom. The molecule has 0 saturated carbocycles. The van der Waals surface area contributed by atoms with Gasteiger partial charge in [0, 0.05) is 72.5 Å². The number of likely N-dealkylation sites (N-methyl/N-ethyl adjacent to an activating group) is 1. The van der Waals surface area contributed by atoms with Gasteiger partial charge in [-0.2, -0.15) is 0 Å². The minimum absolute atomic E-state index is 0.213. The van der Waals surface area contributed by atoms with Gasteiger partial charge in [-0.25, -0.2) is 0 Å². The van der Waals surface area contributed by atoms with Crippen LogP contribution in [0.3, 0.4) is 0 Å². The summed E-state index contributed by atoms with van der Waals surface area (Å²) in [7, 11) is 8.63. The molecule has 2 heterocycles. The summed E-state index contributed by atoms with van der Waals surface area (Å²) in [5.74, 6) is 0. The molecular formula is C28H31N3. The molecule has 0 unspecified atom stereocenters. The number of rotatable bonds is 3. The molecule has 0 saturated heterocycles. The van der Waals surface area contributed by atoms with Gasteiger partial charge in [0.25, 0.3) is 0 Å². The molecule has 31 heavy (non-hydrogen) atoms. The van der Waals surface area contributed by atoms with E-state index >= 15 is 0 Å².